The first kappa shape index (κ1) is 17.6. The summed E-state index contributed by atoms with van der Waals surface area (Å²) in [6.07, 6.45) is 1.13. The summed E-state index contributed by atoms with van der Waals surface area (Å²) in [7, 11) is -3.15. The molecule has 0 unspecified atom stereocenters. The summed E-state index contributed by atoms with van der Waals surface area (Å²) >= 11 is 0. The molecule has 0 radical (unpaired) electrons. The number of carbonyl (C=O) groups excluding carboxylic acids is 1. The number of carbonyl (C=O) groups is 1. The Bertz CT molecular complexity index is 899. The fraction of sp³-hybridized carbons (Fsp3) is 0.176. The smallest absolute Gasteiger partial charge is 0.338 e. The van der Waals surface area contributed by atoms with Crippen molar-refractivity contribution in [2.75, 3.05) is 6.26 Å². The Morgan fingerprint density at radius 1 is 1.21 bits per heavy atom. The van der Waals surface area contributed by atoms with Crippen LogP contribution < -0.4 is 0 Å². The van der Waals surface area contributed by atoms with E-state index in [0.717, 1.165) is 12.3 Å². The molecule has 0 bridgehead atoms. The number of hydrogen-bond donors (Lipinski definition) is 0. The topological polar surface area (TPSA) is 84.2 Å². The van der Waals surface area contributed by atoms with Gasteiger partial charge in [-0.25, -0.2) is 17.6 Å². The van der Waals surface area contributed by atoms with Crippen LogP contribution in [0.2, 0.25) is 0 Å². The summed E-state index contributed by atoms with van der Waals surface area (Å²) in [5, 5.41) is 8.67. The van der Waals surface area contributed by atoms with Gasteiger partial charge in [0.25, 0.3) is 0 Å². The Hall–Kier alpha value is -2.72. The lowest BCUT2D eigenvalue weighted by Crippen LogP contribution is -2.07. The third-order valence-corrected chi connectivity index (χ3v) is 4.02. The average Bonchev–Trinajstić information content (AvgIpc) is 2.52. The van der Waals surface area contributed by atoms with Crippen LogP contribution in [0.3, 0.4) is 0 Å². The molecule has 0 amide bonds. The first-order valence-electron chi connectivity index (χ1n) is 6.91. The van der Waals surface area contributed by atoms with E-state index in [4.69, 9.17) is 10.00 Å². The van der Waals surface area contributed by atoms with Gasteiger partial charge in [0.1, 0.15) is 12.4 Å². The van der Waals surface area contributed by atoms with Crippen molar-refractivity contribution in [2.45, 2.75) is 12.4 Å². The lowest BCUT2D eigenvalue weighted by atomic mass is 10.1. The first-order valence-corrected chi connectivity index (χ1v) is 8.97. The van der Waals surface area contributed by atoms with Crippen molar-refractivity contribution in [3.05, 3.63) is 70.5 Å². The zero-order valence-electron chi connectivity index (χ0n) is 12.8. The fourth-order valence-corrected chi connectivity index (χ4v) is 2.80. The Labute approximate surface area is 139 Å². The van der Waals surface area contributed by atoms with Crippen molar-refractivity contribution in [3.8, 4) is 6.07 Å². The van der Waals surface area contributed by atoms with Gasteiger partial charge in [-0.3, -0.25) is 0 Å². The molecule has 124 valence electrons. The summed E-state index contributed by atoms with van der Waals surface area (Å²) in [4.78, 5) is 11.9. The van der Waals surface area contributed by atoms with Gasteiger partial charge in [-0.15, -0.1) is 0 Å². The van der Waals surface area contributed by atoms with E-state index in [0.29, 0.717) is 5.56 Å². The Morgan fingerprint density at radius 2 is 1.88 bits per heavy atom. The highest BCUT2D eigenvalue weighted by Gasteiger charge is 2.11. The normalized spacial score (nSPS) is 10.9. The number of nitrogens with zero attached hydrogens (tertiary/aromatic N) is 1. The molecule has 0 fully saturated rings. The molecule has 0 N–H and O–H groups in total. The number of ether oxygens (including phenoxy) is 1. The van der Waals surface area contributed by atoms with Gasteiger partial charge in [0.05, 0.1) is 22.9 Å². The predicted octanol–water partition coefficient (Wildman–Crippen LogP) is 2.60. The third kappa shape index (κ3) is 4.89. The molecule has 2 aromatic rings. The standard InChI is InChI=1S/C17H14FNO4S/c1-24(21,22)11-12-2-5-14(6-3-12)17(20)23-10-15-7-4-13(9-19)8-16(15)18/h2-8H,10-11H2,1H3. The molecule has 24 heavy (non-hydrogen) atoms. The van der Waals surface area contributed by atoms with Gasteiger partial charge < -0.3 is 4.74 Å². The Morgan fingerprint density at radius 3 is 2.42 bits per heavy atom. The summed E-state index contributed by atoms with van der Waals surface area (Å²) in [5.74, 6) is -1.38. The molecule has 0 saturated heterocycles. The van der Waals surface area contributed by atoms with Gasteiger partial charge in [-0.05, 0) is 29.8 Å². The van der Waals surface area contributed by atoms with Crippen LogP contribution in [0, 0.1) is 17.1 Å². The largest absolute Gasteiger partial charge is 0.457 e. The van der Waals surface area contributed by atoms with E-state index in [1.807, 2.05) is 6.07 Å². The molecular weight excluding hydrogens is 333 g/mol. The highest BCUT2D eigenvalue weighted by molar-refractivity contribution is 7.89. The van der Waals surface area contributed by atoms with Crippen LogP contribution in [0.25, 0.3) is 0 Å². The van der Waals surface area contributed by atoms with E-state index >= 15 is 0 Å². The molecule has 0 spiro atoms. The highest BCUT2D eigenvalue weighted by Crippen LogP contribution is 2.13. The minimum atomic E-state index is -3.15. The number of halogens is 1. The van der Waals surface area contributed by atoms with Gasteiger partial charge in [0.2, 0.25) is 0 Å². The summed E-state index contributed by atoms with van der Waals surface area (Å²) in [6.45, 7) is -0.262. The number of rotatable bonds is 5. The molecule has 0 aromatic heterocycles. The fourth-order valence-electron chi connectivity index (χ4n) is 2.00. The molecule has 2 aromatic carbocycles. The van der Waals surface area contributed by atoms with Crippen molar-refractivity contribution in [1.29, 1.82) is 5.26 Å². The average molecular weight is 347 g/mol. The Kier molecular flexibility index (Phi) is 5.31. The van der Waals surface area contributed by atoms with Crippen LogP contribution in [0.15, 0.2) is 42.5 Å². The van der Waals surface area contributed by atoms with E-state index < -0.39 is 21.6 Å². The van der Waals surface area contributed by atoms with Gasteiger partial charge in [0.15, 0.2) is 9.84 Å². The molecule has 0 heterocycles. The second kappa shape index (κ2) is 7.23. The molecule has 0 atom stereocenters. The maximum Gasteiger partial charge on any atom is 0.338 e. The molecular formula is C17H14FNO4S. The number of sulfone groups is 1. The first-order chi connectivity index (χ1) is 11.3. The third-order valence-electron chi connectivity index (χ3n) is 3.16. The number of benzene rings is 2. The van der Waals surface area contributed by atoms with Crippen LogP contribution in [-0.4, -0.2) is 20.6 Å². The summed E-state index contributed by atoms with van der Waals surface area (Å²) in [6, 6.07) is 11.7. The highest BCUT2D eigenvalue weighted by atomic mass is 32.2. The van der Waals surface area contributed by atoms with Crippen molar-refractivity contribution >= 4 is 15.8 Å². The molecule has 0 aliphatic rings. The molecule has 7 heteroatoms. The quantitative estimate of drug-likeness (QED) is 0.776. The predicted molar refractivity (Wildman–Crippen MR) is 85.2 cm³/mol. The minimum Gasteiger partial charge on any atom is -0.457 e. The van der Waals surface area contributed by atoms with Gasteiger partial charge >= 0.3 is 5.97 Å². The maximum atomic E-state index is 13.7. The maximum absolute atomic E-state index is 13.7. The van der Waals surface area contributed by atoms with Crippen molar-refractivity contribution in [2.24, 2.45) is 0 Å². The SMILES string of the molecule is CS(=O)(=O)Cc1ccc(C(=O)OCc2ccc(C#N)cc2F)cc1. The number of nitriles is 1. The minimum absolute atomic E-state index is 0.112. The van der Waals surface area contributed by atoms with E-state index in [1.165, 1.54) is 36.4 Å². The van der Waals surface area contributed by atoms with Crippen molar-refractivity contribution < 1.29 is 22.3 Å². The number of hydrogen-bond acceptors (Lipinski definition) is 5. The zero-order chi connectivity index (χ0) is 17.7. The molecule has 5 nitrogen and oxygen atoms in total. The zero-order valence-corrected chi connectivity index (χ0v) is 13.6. The van der Waals surface area contributed by atoms with Gasteiger partial charge in [-0.1, -0.05) is 18.2 Å². The van der Waals surface area contributed by atoms with E-state index in [-0.39, 0.29) is 29.1 Å². The summed E-state index contributed by atoms with van der Waals surface area (Å²) < 4.78 is 41.1. The van der Waals surface area contributed by atoms with Crippen LogP contribution in [0.4, 0.5) is 4.39 Å². The molecule has 0 saturated carbocycles. The lowest BCUT2D eigenvalue weighted by Gasteiger charge is -2.07. The van der Waals surface area contributed by atoms with Gasteiger partial charge in [-0.2, -0.15) is 5.26 Å². The lowest BCUT2D eigenvalue weighted by molar-refractivity contribution is 0.0469. The van der Waals surface area contributed by atoms with E-state index in [1.54, 1.807) is 0 Å². The monoisotopic (exact) mass is 347 g/mol. The number of esters is 1. The van der Waals surface area contributed by atoms with Crippen LogP contribution in [0.5, 0.6) is 0 Å². The van der Waals surface area contributed by atoms with E-state index in [9.17, 15) is 17.6 Å². The molecule has 0 aliphatic heterocycles. The van der Waals surface area contributed by atoms with Crippen molar-refractivity contribution in [1.82, 2.24) is 0 Å². The van der Waals surface area contributed by atoms with Crippen LogP contribution >= 0.6 is 0 Å². The summed E-state index contributed by atoms with van der Waals surface area (Å²) in [5.41, 5.74) is 1.15. The Balaban J connectivity index is 2.01. The van der Waals surface area contributed by atoms with Crippen LogP contribution in [0.1, 0.15) is 27.0 Å². The van der Waals surface area contributed by atoms with Crippen molar-refractivity contribution in [3.63, 3.8) is 0 Å². The van der Waals surface area contributed by atoms with E-state index in [2.05, 4.69) is 0 Å². The second-order valence-corrected chi connectivity index (χ2v) is 7.40. The second-order valence-electron chi connectivity index (χ2n) is 5.26. The van der Waals surface area contributed by atoms with Crippen LogP contribution in [-0.2, 0) is 26.9 Å². The molecule has 2 rings (SSSR count). The van der Waals surface area contributed by atoms with Gasteiger partial charge in [0, 0.05) is 11.8 Å². The molecule has 0 aliphatic carbocycles.